The molecule has 148 valence electrons. The molecule has 0 aliphatic heterocycles. The topological polar surface area (TPSA) is 63.2 Å². The van der Waals surface area contributed by atoms with Crippen molar-refractivity contribution < 1.29 is 13.2 Å². The fourth-order valence-corrected chi connectivity index (χ4v) is 3.98. The standard InChI is InChI=1S/C23H20BrNO3S/c1-17-7-13-22(14-8-17)29(27,28)25-16-20(15-18-9-11-21(24)12-10-18)23(26)19-5-3-2-4-6-19/h2-15,25H,16H2,1H3/b20-15+. The molecule has 0 fully saturated rings. The molecule has 0 saturated heterocycles. The fraction of sp³-hybridized carbons (Fsp3) is 0.0870. The minimum Gasteiger partial charge on any atom is -0.289 e. The third-order valence-corrected chi connectivity index (χ3v) is 6.27. The molecule has 6 heteroatoms. The first-order valence-electron chi connectivity index (χ1n) is 8.97. The van der Waals surface area contributed by atoms with Gasteiger partial charge in [-0.25, -0.2) is 13.1 Å². The van der Waals surface area contributed by atoms with Gasteiger partial charge in [0.05, 0.1) is 4.90 Å². The lowest BCUT2D eigenvalue weighted by molar-refractivity contribution is 0.103. The summed E-state index contributed by atoms with van der Waals surface area (Å²) in [6.07, 6.45) is 1.71. The van der Waals surface area contributed by atoms with E-state index in [4.69, 9.17) is 0 Å². The number of nitrogens with one attached hydrogen (secondary N) is 1. The van der Waals surface area contributed by atoms with Crippen molar-refractivity contribution in [2.24, 2.45) is 0 Å². The Hall–Kier alpha value is -2.54. The van der Waals surface area contributed by atoms with Crippen LogP contribution < -0.4 is 4.72 Å². The lowest BCUT2D eigenvalue weighted by Crippen LogP contribution is -2.28. The predicted octanol–water partition coefficient (Wildman–Crippen LogP) is 5.00. The summed E-state index contributed by atoms with van der Waals surface area (Å²) in [4.78, 5) is 13.2. The number of ketones is 1. The van der Waals surface area contributed by atoms with Gasteiger partial charge in [0, 0.05) is 22.2 Å². The van der Waals surface area contributed by atoms with Gasteiger partial charge >= 0.3 is 0 Å². The number of hydrogen-bond donors (Lipinski definition) is 1. The number of halogens is 1. The Morgan fingerprint density at radius 2 is 1.55 bits per heavy atom. The summed E-state index contributed by atoms with van der Waals surface area (Å²) in [5.74, 6) is -0.222. The van der Waals surface area contributed by atoms with Crippen molar-refractivity contribution in [2.45, 2.75) is 11.8 Å². The van der Waals surface area contributed by atoms with Gasteiger partial charge in [0.1, 0.15) is 0 Å². The van der Waals surface area contributed by atoms with Crippen molar-refractivity contribution in [3.8, 4) is 0 Å². The lowest BCUT2D eigenvalue weighted by Gasteiger charge is -2.11. The third-order valence-electron chi connectivity index (χ3n) is 4.32. The summed E-state index contributed by atoms with van der Waals surface area (Å²) in [5.41, 5.74) is 2.64. The molecular weight excluding hydrogens is 450 g/mol. The molecule has 0 aliphatic rings. The molecule has 0 amide bonds. The summed E-state index contributed by atoms with van der Waals surface area (Å²) < 4.78 is 28.8. The van der Waals surface area contributed by atoms with Crippen LogP contribution in [0.1, 0.15) is 21.5 Å². The first kappa shape index (κ1) is 21.2. The number of Topliss-reactive ketones (excluding diaryl/α,β-unsaturated/α-hetero) is 1. The van der Waals surface area contributed by atoms with E-state index in [0.717, 1.165) is 15.6 Å². The van der Waals surface area contributed by atoms with Gasteiger partial charge < -0.3 is 0 Å². The molecule has 0 atom stereocenters. The van der Waals surface area contributed by atoms with Crippen LogP contribution in [-0.4, -0.2) is 20.7 Å². The van der Waals surface area contributed by atoms with Gasteiger partial charge in [0.25, 0.3) is 0 Å². The normalized spacial score (nSPS) is 12.0. The van der Waals surface area contributed by atoms with Crippen LogP contribution in [0.3, 0.4) is 0 Å². The predicted molar refractivity (Wildman–Crippen MR) is 119 cm³/mol. The second-order valence-corrected chi connectivity index (χ2v) is 9.24. The molecule has 29 heavy (non-hydrogen) atoms. The highest BCUT2D eigenvalue weighted by molar-refractivity contribution is 9.10. The van der Waals surface area contributed by atoms with E-state index in [1.165, 1.54) is 0 Å². The van der Waals surface area contributed by atoms with E-state index in [9.17, 15) is 13.2 Å². The fourth-order valence-electron chi connectivity index (χ4n) is 2.71. The Balaban J connectivity index is 1.89. The summed E-state index contributed by atoms with van der Waals surface area (Å²) in [6, 6.07) is 22.8. The van der Waals surface area contributed by atoms with Crippen LogP contribution in [-0.2, 0) is 10.0 Å². The zero-order chi connectivity index (χ0) is 20.9. The van der Waals surface area contributed by atoms with Gasteiger partial charge in [-0.05, 0) is 42.8 Å². The minimum absolute atomic E-state index is 0.111. The van der Waals surface area contributed by atoms with E-state index in [2.05, 4.69) is 20.7 Å². The number of hydrogen-bond acceptors (Lipinski definition) is 3. The third kappa shape index (κ3) is 5.73. The maximum atomic E-state index is 13.0. The van der Waals surface area contributed by atoms with Gasteiger partial charge in [-0.3, -0.25) is 4.79 Å². The number of sulfonamides is 1. The average Bonchev–Trinajstić information content (AvgIpc) is 2.73. The van der Waals surface area contributed by atoms with Crippen LogP contribution in [0, 0.1) is 6.92 Å². The second kappa shape index (κ2) is 9.31. The van der Waals surface area contributed by atoms with Crippen LogP contribution in [0.15, 0.2) is 93.8 Å². The van der Waals surface area contributed by atoms with Crippen molar-refractivity contribution in [1.82, 2.24) is 4.72 Å². The number of benzene rings is 3. The number of carbonyl (C=O) groups is 1. The monoisotopic (exact) mass is 469 g/mol. The van der Waals surface area contributed by atoms with E-state index in [1.54, 1.807) is 54.6 Å². The minimum atomic E-state index is -3.74. The molecule has 4 nitrogen and oxygen atoms in total. The van der Waals surface area contributed by atoms with Crippen LogP contribution in [0.4, 0.5) is 0 Å². The number of carbonyl (C=O) groups excluding carboxylic acids is 1. The zero-order valence-electron chi connectivity index (χ0n) is 15.8. The van der Waals surface area contributed by atoms with Crippen molar-refractivity contribution >= 4 is 37.8 Å². The molecule has 0 radical (unpaired) electrons. The van der Waals surface area contributed by atoms with E-state index in [0.29, 0.717) is 11.1 Å². The Kier molecular flexibility index (Phi) is 6.79. The molecule has 0 heterocycles. The van der Waals surface area contributed by atoms with E-state index in [1.807, 2.05) is 37.3 Å². The molecule has 0 aliphatic carbocycles. The van der Waals surface area contributed by atoms with Crippen LogP contribution >= 0.6 is 15.9 Å². The first-order chi connectivity index (χ1) is 13.8. The maximum absolute atomic E-state index is 13.0. The van der Waals surface area contributed by atoms with Crippen LogP contribution in [0.5, 0.6) is 0 Å². The van der Waals surface area contributed by atoms with Gasteiger partial charge in [-0.2, -0.15) is 0 Å². The molecular formula is C23H20BrNO3S. The molecule has 3 rings (SSSR count). The van der Waals surface area contributed by atoms with Crippen LogP contribution in [0.2, 0.25) is 0 Å². The summed E-state index contributed by atoms with van der Waals surface area (Å²) >= 11 is 3.39. The van der Waals surface area contributed by atoms with Crippen molar-refractivity contribution in [3.63, 3.8) is 0 Å². The SMILES string of the molecule is Cc1ccc(S(=O)(=O)NC/C(=C\c2ccc(Br)cc2)C(=O)c2ccccc2)cc1. The van der Waals surface area contributed by atoms with Gasteiger partial charge in [0.15, 0.2) is 5.78 Å². The molecule has 0 saturated carbocycles. The Bertz CT molecular complexity index is 1120. The first-order valence-corrected chi connectivity index (χ1v) is 11.2. The van der Waals surface area contributed by atoms with E-state index in [-0.39, 0.29) is 17.2 Å². The highest BCUT2D eigenvalue weighted by Gasteiger charge is 2.18. The summed E-state index contributed by atoms with van der Waals surface area (Å²) in [7, 11) is -3.74. The van der Waals surface area contributed by atoms with Crippen molar-refractivity contribution in [1.29, 1.82) is 0 Å². The van der Waals surface area contributed by atoms with E-state index >= 15 is 0 Å². The van der Waals surface area contributed by atoms with Crippen molar-refractivity contribution in [2.75, 3.05) is 6.54 Å². The highest BCUT2D eigenvalue weighted by Crippen LogP contribution is 2.17. The molecule has 1 N–H and O–H groups in total. The molecule has 0 bridgehead atoms. The Morgan fingerprint density at radius 3 is 2.17 bits per heavy atom. The molecule has 3 aromatic carbocycles. The maximum Gasteiger partial charge on any atom is 0.240 e. The number of rotatable bonds is 7. The molecule has 3 aromatic rings. The number of aryl methyl sites for hydroxylation is 1. The molecule has 0 unspecified atom stereocenters. The smallest absolute Gasteiger partial charge is 0.240 e. The highest BCUT2D eigenvalue weighted by atomic mass is 79.9. The van der Waals surface area contributed by atoms with Gasteiger partial charge in [-0.1, -0.05) is 76.1 Å². The lowest BCUT2D eigenvalue weighted by atomic mass is 10.0. The van der Waals surface area contributed by atoms with Crippen molar-refractivity contribution in [3.05, 3.63) is 106 Å². The molecule has 0 aromatic heterocycles. The largest absolute Gasteiger partial charge is 0.289 e. The van der Waals surface area contributed by atoms with Crippen LogP contribution in [0.25, 0.3) is 6.08 Å². The zero-order valence-corrected chi connectivity index (χ0v) is 18.2. The molecule has 0 spiro atoms. The van der Waals surface area contributed by atoms with Gasteiger partial charge in [0.2, 0.25) is 10.0 Å². The summed E-state index contributed by atoms with van der Waals surface area (Å²) in [5, 5.41) is 0. The average molecular weight is 470 g/mol. The Labute approximate surface area is 179 Å². The quantitative estimate of drug-likeness (QED) is 0.391. The van der Waals surface area contributed by atoms with E-state index < -0.39 is 10.0 Å². The summed E-state index contributed by atoms with van der Waals surface area (Å²) in [6.45, 7) is 1.78. The second-order valence-electron chi connectivity index (χ2n) is 6.55. The Morgan fingerprint density at radius 1 is 0.931 bits per heavy atom. The van der Waals surface area contributed by atoms with Gasteiger partial charge in [-0.15, -0.1) is 0 Å².